The van der Waals surface area contributed by atoms with E-state index in [2.05, 4.69) is 41.9 Å². The zero-order valence-electron chi connectivity index (χ0n) is 14.1. The minimum absolute atomic E-state index is 0.290. The lowest BCUT2D eigenvalue weighted by Gasteiger charge is -2.38. The van der Waals surface area contributed by atoms with Gasteiger partial charge < -0.3 is 10.6 Å². The van der Waals surface area contributed by atoms with Crippen LogP contribution in [0.2, 0.25) is 0 Å². The largest absolute Gasteiger partial charge is 0.369 e. The van der Waals surface area contributed by atoms with Crippen LogP contribution in [0, 0.1) is 16.2 Å². The Morgan fingerprint density at radius 1 is 1.17 bits per heavy atom. The van der Waals surface area contributed by atoms with Crippen LogP contribution in [0.15, 0.2) is 33.9 Å². The summed E-state index contributed by atoms with van der Waals surface area (Å²) in [4.78, 5) is 29.5. The molecule has 2 atom stereocenters. The predicted molar refractivity (Wildman–Crippen MR) is 94.4 cm³/mol. The number of hydrogen-bond acceptors (Lipinski definition) is 4. The third-order valence-corrected chi connectivity index (χ3v) is 7.05. The molecule has 0 aromatic heterocycles. The van der Waals surface area contributed by atoms with E-state index in [1.807, 2.05) is 0 Å². The molecule has 3 rings (SSSR count). The molecule has 6 heteroatoms. The summed E-state index contributed by atoms with van der Waals surface area (Å²) in [5.74, 6) is -0.798. The molecule has 1 aromatic carbocycles. The van der Waals surface area contributed by atoms with Crippen LogP contribution in [0.4, 0.5) is 0 Å². The monoisotopic (exact) mass is 392 g/mol. The van der Waals surface area contributed by atoms with Crippen LogP contribution >= 0.6 is 15.9 Å². The van der Waals surface area contributed by atoms with Gasteiger partial charge in [0, 0.05) is 16.3 Å². The van der Waals surface area contributed by atoms with E-state index in [0.29, 0.717) is 12.0 Å². The predicted octanol–water partition coefficient (Wildman–Crippen LogP) is 3.66. The molecule has 2 unspecified atom stereocenters. The van der Waals surface area contributed by atoms with Crippen molar-refractivity contribution < 1.29 is 14.4 Å². The molecule has 24 heavy (non-hydrogen) atoms. The summed E-state index contributed by atoms with van der Waals surface area (Å²) in [7, 11) is 0. The zero-order valence-corrected chi connectivity index (χ0v) is 15.6. The quantitative estimate of drug-likeness (QED) is 0.629. The Morgan fingerprint density at radius 3 is 2.33 bits per heavy atom. The molecular weight excluding hydrogens is 372 g/mol. The molecule has 2 saturated carbocycles. The lowest BCUT2D eigenvalue weighted by atomic mass is 9.64. The minimum atomic E-state index is -0.607. The van der Waals surface area contributed by atoms with Crippen LogP contribution in [0.25, 0.3) is 0 Å². The first-order valence-electron chi connectivity index (χ1n) is 7.98. The molecule has 2 aliphatic carbocycles. The van der Waals surface area contributed by atoms with Crippen LogP contribution in [-0.2, 0) is 9.63 Å². The lowest BCUT2D eigenvalue weighted by molar-refractivity contribution is -0.132. The van der Waals surface area contributed by atoms with Gasteiger partial charge in [-0.2, -0.15) is 0 Å². The highest BCUT2D eigenvalue weighted by atomic mass is 79.9. The van der Waals surface area contributed by atoms with Gasteiger partial charge in [-0.15, -0.1) is 0 Å². The fourth-order valence-electron chi connectivity index (χ4n) is 4.30. The van der Waals surface area contributed by atoms with Crippen LogP contribution in [-0.4, -0.2) is 17.6 Å². The van der Waals surface area contributed by atoms with Gasteiger partial charge >= 0.3 is 5.97 Å². The van der Waals surface area contributed by atoms with Crippen molar-refractivity contribution in [1.29, 1.82) is 0 Å². The van der Waals surface area contributed by atoms with E-state index in [-0.39, 0.29) is 16.7 Å². The average Bonchev–Trinajstić information content (AvgIpc) is 2.83. The van der Waals surface area contributed by atoms with E-state index >= 15 is 0 Å². The number of carbonyl (C=O) groups is 2. The Labute approximate surface area is 149 Å². The maximum absolute atomic E-state index is 12.2. The fourth-order valence-corrected chi connectivity index (χ4v) is 4.56. The van der Waals surface area contributed by atoms with Gasteiger partial charge in [0.25, 0.3) is 0 Å². The van der Waals surface area contributed by atoms with E-state index < -0.39 is 11.4 Å². The van der Waals surface area contributed by atoms with Crippen molar-refractivity contribution in [2.45, 2.75) is 40.0 Å². The molecule has 128 valence electrons. The number of carbonyl (C=O) groups excluding carboxylic acids is 2. The highest BCUT2D eigenvalue weighted by Gasteiger charge is 2.71. The molecule has 2 N–H and O–H groups in total. The molecule has 5 nitrogen and oxygen atoms in total. The van der Waals surface area contributed by atoms with Gasteiger partial charge in [-0.05, 0) is 42.5 Å². The van der Waals surface area contributed by atoms with E-state index in [0.717, 1.165) is 23.0 Å². The Kier molecular flexibility index (Phi) is 3.86. The second-order valence-corrected chi connectivity index (χ2v) is 8.42. The summed E-state index contributed by atoms with van der Waals surface area (Å²) in [6.45, 7) is 6.20. The van der Waals surface area contributed by atoms with Crippen molar-refractivity contribution in [2.24, 2.45) is 27.1 Å². The standard InChI is InChI=1S/C18H21BrN2O3/c1-16(2)17(3)8-9-18(16,15(20)23)10-13(17)21-24-14(22)11-4-6-12(19)7-5-11/h4-7H,8-10H2,1-3H3,(H2,20,23). The van der Waals surface area contributed by atoms with Gasteiger partial charge in [0.15, 0.2) is 0 Å². The minimum Gasteiger partial charge on any atom is -0.369 e. The number of hydrogen-bond donors (Lipinski definition) is 1. The first-order valence-corrected chi connectivity index (χ1v) is 8.77. The third-order valence-electron chi connectivity index (χ3n) is 6.52. The highest BCUT2D eigenvalue weighted by Crippen LogP contribution is 2.70. The summed E-state index contributed by atoms with van der Waals surface area (Å²) in [6, 6.07) is 6.88. The second-order valence-electron chi connectivity index (χ2n) is 7.50. The van der Waals surface area contributed by atoms with Gasteiger partial charge in [-0.1, -0.05) is 41.9 Å². The summed E-state index contributed by atoms with van der Waals surface area (Å²) in [5.41, 5.74) is 5.70. The van der Waals surface area contributed by atoms with Crippen molar-refractivity contribution in [3.8, 4) is 0 Å². The Hall–Kier alpha value is -1.69. The second kappa shape index (κ2) is 5.41. The Morgan fingerprint density at radius 2 is 1.79 bits per heavy atom. The highest BCUT2D eigenvalue weighted by molar-refractivity contribution is 9.10. The van der Waals surface area contributed by atoms with Gasteiger partial charge in [0.1, 0.15) is 0 Å². The molecule has 0 saturated heterocycles. The van der Waals surface area contributed by atoms with E-state index in [4.69, 9.17) is 10.6 Å². The number of nitrogens with two attached hydrogens (primary N) is 1. The van der Waals surface area contributed by atoms with Crippen LogP contribution in [0.5, 0.6) is 0 Å². The number of nitrogens with zero attached hydrogens (tertiary/aromatic N) is 1. The van der Waals surface area contributed by atoms with E-state index in [9.17, 15) is 9.59 Å². The summed E-state index contributed by atoms with van der Waals surface area (Å²) >= 11 is 3.33. The number of oxime groups is 1. The number of primary amides is 1. The fraction of sp³-hybridized carbons (Fsp3) is 0.500. The molecule has 0 heterocycles. The van der Waals surface area contributed by atoms with Crippen molar-refractivity contribution in [3.63, 3.8) is 0 Å². The maximum atomic E-state index is 12.2. The molecule has 1 aromatic rings. The number of halogens is 1. The van der Waals surface area contributed by atoms with Crippen molar-refractivity contribution in [3.05, 3.63) is 34.3 Å². The van der Waals surface area contributed by atoms with Gasteiger partial charge in [-0.25, -0.2) is 4.79 Å². The SMILES string of the molecule is CC12CCC(C(N)=O)(CC1=NOC(=O)c1ccc(Br)cc1)C2(C)C. The van der Waals surface area contributed by atoms with Gasteiger partial charge in [-0.3, -0.25) is 4.79 Å². The molecule has 0 radical (unpaired) electrons. The van der Waals surface area contributed by atoms with Crippen LogP contribution in [0.3, 0.4) is 0 Å². The molecule has 2 bridgehead atoms. The third kappa shape index (κ3) is 2.15. The van der Waals surface area contributed by atoms with Gasteiger partial charge in [0.2, 0.25) is 5.91 Å². The lowest BCUT2D eigenvalue weighted by Crippen LogP contribution is -2.44. The average molecular weight is 393 g/mol. The number of benzene rings is 1. The topological polar surface area (TPSA) is 81.8 Å². The van der Waals surface area contributed by atoms with Crippen molar-refractivity contribution >= 4 is 33.5 Å². The maximum Gasteiger partial charge on any atom is 0.365 e. The molecule has 2 aliphatic rings. The molecule has 0 spiro atoms. The molecule has 1 amide bonds. The van der Waals surface area contributed by atoms with E-state index in [1.54, 1.807) is 24.3 Å². The number of fused-ring (bicyclic) bond motifs is 2. The van der Waals surface area contributed by atoms with Crippen molar-refractivity contribution in [1.82, 2.24) is 0 Å². The van der Waals surface area contributed by atoms with Crippen LogP contribution < -0.4 is 5.73 Å². The smallest absolute Gasteiger partial charge is 0.365 e. The number of rotatable bonds is 3. The van der Waals surface area contributed by atoms with Crippen molar-refractivity contribution in [2.75, 3.05) is 0 Å². The molecule has 2 fully saturated rings. The summed E-state index contributed by atoms with van der Waals surface area (Å²) in [6.07, 6.45) is 2.03. The van der Waals surface area contributed by atoms with E-state index in [1.165, 1.54) is 0 Å². The number of amides is 1. The summed E-state index contributed by atoms with van der Waals surface area (Å²) < 4.78 is 0.885. The summed E-state index contributed by atoms with van der Waals surface area (Å²) in [5, 5.41) is 4.15. The molecular formula is C18H21BrN2O3. The Balaban J connectivity index is 1.86. The Bertz CT molecular complexity index is 741. The molecule has 0 aliphatic heterocycles. The first-order chi connectivity index (χ1) is 11.1. The first kappa shape index (κ1) is 17.1. The normalized spacial score (nSPS) is 32.1. The van der Waals surface area contributed by atoms with Gasteiger partial charge in [0.05, 0.1) is 16.7 Å². The zero-order chi connectivity index (χ0) is 17.8. The van der Waals surface area contributed by atoms with Crippen LogP contribution in [0.1, 0.15) is 50.4 Å².